The van der Waals surface area contributed by atoms with Crippen LogP contribution in [0.25, 0.3) is 10.8 Å². The van der Waals surface area contributed by atoms with Gasteiger partial charge in [-0.2, -0.15) is 0 Å². The number of phenols is 1. The molecule has 3 nitrogen and oxygen atoms in total. The molecule has 3 aromatic carbocycles. The zero-order valence-corrected chi connectivity index (χ0v) is 11.7. The van der Waals surface area contributed by atoms with Crippen LogP contribution in [0.2, 0.25) is 0 Å². The zero-order chi connectivity index (χ0) is 14.8. The van der Waals surface area contributed by atoms with Crippen molar-refractivity contribution in [2.45, 2.75) is 0 Å². The number of phenolic OH excluding ortho intramolecular Hbond substituents is 1. The molecule has 0 aromatic heterocycles. The van der Waals surface area contributed by atoms with Crippen molar-refractivity contribution < 1.29 is 9.90 Å². The van der Waals surface area contributed by atoms with E-state index in [9.17, 15) is 9.90 Å². The van der Waals surface area contributed by atoms with Crippen LogP contribution in [0.4, 0.5) is 5.69 Å². The molecule has 0 atom stereocenters. The molecule has 104 valence electrons. The predicted molar refractivity (Wildman–Crippen MR) is 84.8 cm³/mol. The Morgan fingerprint density at radius 2 is 1.48 bits per heavy atom. The van der Waals surface area contributed by atoms with E-state index in [1.165, 1.54) is 4.90 Å². The molecule has 0 aliphatic rings. The molecule has 1 amide bonds. The number of amides is 1. The molecule has 0 saturated heterocycles. The Labute approximate surface area is 123 Å². The predicted octanol–water partition coefficient (Wildman–Crippen LogP) is 3.82. The van der Waals surface area contributed by atoms with Crippen LogP contribution >= 0.6 is 0 Å². The Balaban J connectivity index is 2.03. The van der Waals surface area contributed by atoms with E-state index in [0.717, 1.165) is 16.5 Å². The van der Waals surface area contributed by atoms with E-state index in [-0.39, 0.29) is 11.7 Å². The van der Waals surface area contributed by atoms with Crippen LogP contribution in [0.15, 0.2) is 66.7 Å². The van der Waals surface area contributed by atoms with Gasteiger partial charge in [-0.05, 0) is 35.0 Å². The summed E-state index contributed by atoms with van der Waals surface area (Å²) in [5.74, 6) is -0.231. The number of anilines is 1. The molecule has 0 bridgehead atoms. The van der Waals surface area contributed by atoms with Crippen molar-refractivity contribution in [3.63, 3.8) is 0 Å². The van der Waals surface area contributed by atoms with Gasteiger partial charge in [0, 0.05) is 12.7 Å². The number of para-hydroxylation sites is 1. The fourth-order valence-electron chi connectivity index (χ4n) is 2.35. The fourth-order valence-corrected chi connectivity index (χ4v) is 2.35. The average Bonchev–Trinajstić information content (AvgIpc) is 2.53. The molecule has 0 aliphatic heterocycles. The lowest BCUT2D eigenvalue weighted by Crippen LogP contribution is -2.26. The number of hydrogen-bond acceptors (Lipinski definition) is 2. The van der Waals surface area contributed by atoms with Crippen LogP contribution in [0, 0.1) is 0 Å². The minimum Gasteiger partial charge on any atom is -0.507 e. The van der Waals surface area contributed by atoms with Crippen molar-refractivity contribution in [3.05, 3.63) is 72.3 Å². The Morgan fingerprint density at radius 3 is 2.14 bits per heavy atom. The first-order chi connectivity index (χ1) is 10.2. The third-order valence-electron chi connectivity index (χ3n) is 3.54. The number of benzene rings is 3. The van der Waals surface area contributed by atoms with Gasteiger partial charge in [0.05, 0.1) is 5.56 Å². The highest BCUT2D eigenvalue weighted by Crippen LogP contribution is 2.27. The van der Waals surface area contributed by atoms with Crippen molar-refractivity contribution in [2.24, 2.45) is 0 Å². The Kier molecular flexibility index (Phi) is 3.32. The number of carbonyl (C=O) groups is 1. The number of rotatable bonds is 2. The van der Waals surface area contributed by atoms with Crippen LogP contribution < -0.4 is 4.90 Å². The third-order valence-corrected chi connectivity index (χ3v) is 3.54. The van der Waals surface area contributed by atoms with Gasteiger partial charge in [-0.15, -0.1) is 0 Å². The summed E-state index contributed by atoms with van der Waals surface area (Å²) in [7, 11) is 1.70. The Bertz CT molecular complexity index is 797. The highest BCUT2D eigenvalue weighted by molar-refractivity contribution is 6.09. The molecule has 0 saturated carbocycles. The molecule has 3 aromatic rings. The highest BCUT2D eigenvalue weighted by Gasteiger charge is 2.17. The summed E-state index contributed by atoms with van der Waals surface area (Å²) in [6, 6.07) is 20.4. The van der Waals surface area contributed by atoms with Crippen LogP contribution in [-0.4, -0.2) is 18.1 Å². The normalized spacial score (nSPS) is 10.5. The number of nitrogens with zero attached hydrogens (tertiary/aromatic N) is 1. The molecule has 3 rings (SSSR count). The minimum absolute atomic E-state index is 0.00137. The second-order valence-corrected chi connectivity index (χ2v) is 4.92. The van der Waals surface area contributed by atoms with E-state index in [1.807, 2.05) is 54.6 Å². The maximum absolute atomic E-state index is 12.6. The standard InChI is InChI=1S/C18H15NO2/c1-19(15-9-3-2-4-10-15)18(21)16-11-13-7-5-6-8-14(13)12-17(16)20/h2-12,20H,1H3. The Hall–Kier alpha value is -2.81. The van der Waals surface area contributed by atoms with E-state index < -0.39 is 0 Å². The summed E-state index contributed by atoms with van der Waals surface area (Å²) in [6.07, 6.45) is 0. The smallest absolute Gasteiger partial charge is 0.261 e. The highest BCUT2D eigenvalue weighted by atomic mass is 16.3. The van der Waals surface area contributed by atoms with Gasteiger partial charge in [0.15, 0.2) is 0 Å². The lowest BCUT2D eigenvalue weighted by molar-refractivity contribution is 0.0990. The van der Waals surface area contributed by atoms with Gasteiger partial charge >= 0.3 is 0 Å². The zero-order valence-electron chi connectivity index (χ0n) is 11.7. The summed E-state index contributed by atoms with van der Waals surface area (Å²) in [4.78, 5) is 14.1. The molecule has 0 heterocycles. The van der Waals surface area contributed by atoms with Crippen molar-refractivity contribution in [1.82, 2.24) is 0 Å². The van der Waals surface area contributed by atoms with E-state index in [1.54, 1.807) is 19.2 Å². The Morgan fingerprint density at radius 1 is 0.905 bits per heavy atom. The van der Waals surface area contributed by atoms with Crippen LogP contribution in [0.1, 0.15) is 10.4 Å². The number of aromatic hydroxyl groups is 1. The number of hydrogen-bond donors (Lipinski definition) is 1. The third kappa shape index (κ3) is 2.46. The van der Waals surface area contributed by atoms with Gasteiger partial charge in [-0.25, -0.2) is 0 Å². The second-order valence-electron chi connectivity index (χ2n) is 4.92. The van der Waals surface area contributed by atoms with Gasteiger partial charge in [-0.3, -0.25) is 4.79 Å². The van der Waals surface area contributed by atoms with Gasteiger partial charge < -0.3 is 10.0 Å². The van der Waals surface area contributed by atoms with Gasteiger partial charge in [-0.1, -0.05) is 42.5 Å². The summed E-state index contributed by atoms with van der Waals surface area (Å²) < 4.78 is 0. The summed E-state index contributed by atoms with van der Waals surface area (Å²) in [5.41, 5.74) is 1.09. The molecule has 0 radical (unpaired) electrons. The van der Waals surface area contributed by atoms with E-state index >= 15 is 0 Å². The summed E-state index contributed by atoms with van der Waals surface area (Å²) in [6.45, 7) is 0. The van der Waals surface area contributed by atoms with Crippen LogP contribution in [-0.2, 0) is 0 Å². The minimum atomic E-state index is -0.232. The maximum Gasteiger partial charge on any atom is 0.261 e. The second kappa shape index (κ2) is 5.29. The first-order valence-corrected chi connectivity index (χ1v) is 6.71. The molecular formula is C18H15NO2. The van der Waals surface area contributed by atoms with E-state index in [4.69, 9.17) is 0 Å². The van der Waals surface area contributed by atoms with Crippen molar-refractivity contribution >= 4 is 22.4 Å². The van der Waals surface area contributed by atoms with Gasteiger partial charge in [0.2, 0.25) is 0 Å². The lowest BCUT2D eigenvalue weighted by Gasteiger charge is -2.18. The number of carbonyl (C=O) groups excluding carboxylic acids is 1. The lowest BCUT2D eigenvalue weighted by atomic mass is 10.0. The topological polar surface area (TPSA) is 40.5 Å². The largest absolute Gasteiger partial charge is 0.507 e. The van der Waals surface area contributed by atoms with E-state index in [0.29, 0.717) is 5.56 Å². The molecule has 21 heavy (non-hydrogen) atoms. The fraction of sp³-hybridized carbons (Fsp3) is 0.0556. The van der Waals surface area contributed by atoms with Gasteiger partial charge in [0.25, 0.3) is 5.91 Å². The average molecular weight is 277 g/mol. The van der Waals surface area contributed by atoms with Crippen LogP contribution in [0.3, 0.4) is 0 Å². The molecule has 0 unspecified atom stereocenters. The molecular weight excluding hydrogens is 262 g/mol. The van der Waals surface area contributed by atoms with Crippen molar-refractivity contribution in [2.75, 3.05) is 11.9 Å². The van der Waals surface area contributed by atoms with Crippen molar-refractivity contribution in [1.29, 1.82) is 0 Å². The molecule has 0 aliphatic carbocycles. The summed E-state index contributed by atoms with van der Waals surface area (Å²) >= 11 is 0. The molecule has 0 spiro atoms. The first kappa shape index (κ1) is 13.2. The molecule has 3 heteroatoms. The summed E-state index contributed by atoms with van der Waals surface area (Å²) in [5, 5.41) is 12.0. The quantitative estimate of drug-likeness (QED) is 0.773. The van der Waals surface area contributed by atoms with Crippen molar-refractivity contribution in [3.8, 4) is 5.75 Å². The molecule has 1 N–H and O–H groups in total. The monoisotopic (exact) mass is 277 g/mol. The molecule has 0 fully saturated rings. The van der Waals surface area contributed by atoms with Crippen LogP contribution in [0.5, 0.6) is 5.75 Å². The first-order valence-electron chi connectivity index (χ1n) is 6.71. The number of fused-ring (bicyclic) bond motifs is 1. The SMILES string of the molecule is CN(C(=O)c1cc2ccccc2cc1O)c1ccccc1. The van der Waals surface area contributed by atoms with Gasteiger partial charge in [0.1, 0.15) is 5.75 Å². The van der Waals surface area contributed by atoms with E-state index in [2.05, 4.69) is 0 Å². The maximum atomic E-state index is 12.6.